The molecule has 0 aliphatic rings. The Morgan fingerprint density at radius 3 is 2.53 bits per heavy atom. The van der Waals surface area contributed by atoms with Crippen molar-refractivity contribution >= 4 is 5.96 Å². The van der Waals surface area contributed by atoms with Gasteiger partial charge in [-0.25, -0.2) is 4.98 Å². The van der Waals surface area contributed by atoms with Crippen molar-refractivity contribution in [1.82, 2.24) is 20.8 Å². The Bertz CT molecular complexity index is 997. The van der Waals surface area contributed by atoms with Crippen molar-refractivity contribution in [2.45, 2.75) is 45.7 Å². The maximum atomic E-state index is 5.78. The summed E-state index contributed by atoms with van der Waals surface area (Å²) in [5, 5.41) is 10.7. The van der Waals surface area contributed by atoms with Gasteiger partial charge in [0.15, 0.2) is 11.7 Å². The minimum atomic E-state index is 0.438. The molecule has 0 bridgehead atoms. The van der Waals surface area contributed by atoms with Crippen LogP contribution < -0.4 is 20.1 Å². The summed E-state index contributed by atoms with van der Waals surface area (Å²) in [4.78, 5) is 8.63. The Morgan fingerprint density at radius 1 is 1.06 bits per heavy atom. The summed E-state index contributed by atoms with van der Waals surface area (Å²) >= 11 is 0. The number of pyridine rings is 1. The molecule has 1 aromatic carbocycles. The van der Waals surface area contributed by atoms with Crippen LogP contribution in [-0.4, -0.2) is 30.3 Å². The second kappa shape index (κ2) is 11.7. The lowest BCUT2D eigenvalue weighted by atomic mass is 9.99. The van der Waals surface area contributed by atoms with Crippen LogP contribution in [0, 0.1) is 0 Å². The van der Waals surface area contributed by atoms with Crippen molar-refractivity contribution in [3.63, 3.8) is 0 Å². The van der Waals surface area contributed by atoms with E-state index in [4.69, 9.17) is 14.0 Å². The topological polar surface area (TPSA) is 93.8 Å². The van der Waals surface area contributed by atoms with Crippen LogP contribution in [0.4, 0.5) is 0 Å². The van der Waals surface area contributed by atoms with Gasteiger partial charge in [-0.05, 0) is 30.5 Å². The van der Waals surface area contributed by atoms with Gasteiger partial charge >= 0.3 is 0 Å². The first-order chi connectivity index (χ1) is 15.6. The Morgan fingerprint density at radius 2 is 1.84 bits per heavy atom. The van der Waals surface area contributed by atoms with Crippen molar-refractivity contribution in [2.75, 3.05) is 14.2 Å². The van der Waals surface area contributed by atoms with Gasteiger partial charge in [0.1, 0.15) is 11.5 Å². The monoisotopic (exact) mass is 437 g/mol. The molecule has 0 atom stereocenters. The maximum Gasteiger partial charge on any atom is 0.219 e. The van der Waals surface area contributed by atoms with Gasteiger partial charge in [-0.15, -0.1) is 0 Å². The maximum absolute atomic E-state index is 5.78. The first-order valence-corrected chi connectivity index (χ1v) is 10.8. The first kappa shape index (κ1) is 23.1. The molecule has 170 valence electrons. The third-order valence-corrected chi connectivity index (χ3v) is 5.16. The fourth-order valence-corrected chi connectivity index (χ4v) is 3.25. The number of hydrogen-bond acceptors (Lipinski definition) is 6. The zero-order chi connectivity index (χ0) is 22.8. The molecule has 0 fully saturated rings. The third kappa shape index (κ3) is 6.47. The lowest BCUT2D eigenvalue weighted by molar-refractivity contribution is 0.368. The molecule has 32 heavy (non-hydrogen) atoms. The van der Waals surface area contributed by atoms with Crippen molar-refractivity contribution in [2.24, 2.45) is 4.99 Å². The highest BCUT2D eigenvalue weighted by atomic mass is 16.5. The lowest BCUT2D eigenvalue weighted by Crippen LogP contribution is -2.36. The molecule has 3 aromatic rings. The lowest BCUT2D eigenvalue weighted by Gasteiger charge is -2.11. The summed E-state index contributed by atoms with van der Waals surface area (Å²) in [5.41, 5.74) is 2.01. The van der Waals surface area contributed by atoms with Crippen LogP contribution in [-0.2, 0) is 13.1 Å². The standard InChI is InChI=1S/C24H31N5O3/c1-5-18(6-2)22-13-21(32-29-22)16-28-24(25-3)27-15-17-10-11-23(26-14-17)31-20-9-7-8-19(12-20)30-4/h7-14,18H,5-6,15-16H2,1-4H3,(H2,25,27,28). The number of hydrogen-bond donors (Lipinski definition) is 2. The van der Waals surface area contributed by atoms with E-state index in [9.17, 15) is 0 Å². The molecule has 0 saturated heterocycles. The summed E-state index contributed by atoms with van der Waals surface area (Å²) < 4.78 is 16.4. The number of aromatic nitrogens is 2. The van der Waals surface area contributed by atoms with E-state index in [0.29, 0.717) is 36.6 Å². The smallest absolute Gasteiger partial charge is 0.219 e. The van der Waals surface area contributed by atoms with E-state index in [2.05, 4.69) is 39.6 Å². The van der Waals surface area contributed by atoms with Gasteiger partial charge in [-0.1, -0.05) is 31.1 Å². The zero-order valence-electron chi connectivity index (χ0n) is 19.1. The summed E-state index contributed by atoms with van der Waals surface area (Å²) in [6.07, 6.45) is 3.88. The Labute approximate surface area is 189 Å². The van der Waals surface area contributed by atoms with Crippen LogP contribution in [0.15, 0.2) is 58.2 Å². The molecule has 2 N–H and O–H groups in total. The van der Waals surface area contributed by atoms with Gasteiger partial charge in [0.2, 0.25) is 5.88 Å². The molecule has 0 aliphatic carbocycles. The summed E-state index contributed by atoms with van der Waals surface area (Å²) in [7, 11) is 3.35. The quantitative estimate of drug-likeness (QED) is 0.352. The number of benzene rings is 1. The molecule has 0 aliphatic heterocycles. The van der Waals surface area contributed by atoms with E-state index >= 15 is 0 Å². The van der Waals surface area contributed by atoms with Crippen LogP contribution in [0.3, 0.4) is 0 Å². The van der Waals surface area contributed by atoms with E-state index in [-0.39, 0.29) is 0 Å². The van der Waals surface area contributed by atoms with Gasteiger partial charge in [-0.3, -0.25) is 4.99 Å². The molecule has 8 nitrogen and oxygen atoms in total. The molecular formula is C24H31N5O3. The van der Waals surface area contributed by atoms with Gasteiger partial charge in [0, 0.05) is 43.9 Å². The molecule has 2 aromatic heterocycles. The fourth-order valence-electron chi connectivity index (χ4n) is 3.25. The predicted octanol–water partition coefficient (Wildman–Crippen LogP) is 4.64. The molecule has 0 unspecified atom stereocenters. The fraction of sp³-hybridized carbons (Fsp3) is 0.375. The highest BCUT2D eigenvalue weighted by Crippen LogP contribution is 2.24. The van der Waals surface area contributed by atoms with Gasteiger partial charge in [-0.2, -0.15) is 0 Å². The average molecular weight is 438 g/mol. The number of nitrogens with one attached hydrogen (secondary N) is 2. The molecule has 8 heteroatoms. The van der Waals surface area contributed by atoms with Gasteiger partial charge in [0.05, 0.1) is 19.3 Å². The molecule has 0 radical (unpaired) electrons. The van der Waals surface area contributed by atoms with Crippen LogP contribution in [0.1, 0.15) is 49.6 Å². The average Bonchev–Trinajstić information content (AvgIpc) is 3.30. The highest BCUT2D eigenvalue weighted by Gasteiger charge is 2.13. The van der Waals surface area contributed by atoms with Gasteiger partial charge in [0.25, 0.3) is 0 Å². The largest absolute Gasteiger partial charge is 0.497 e. The number of rotatable bonds is 10. The number of nitrogens with zero attached hydrogens (tertiary/aromatic N) is 3. The van der Waals surface area contributed by atoms with Crippen LogP contribution >= 0.6 is 0 Å². The van der Waals surface area contributed by atoms with E-state index in [1.165, 1.54) is 0 Å². The number of methoxy groups -OCH3 is 1. The Balaban J connectivity index is 1.48. The third-order valence-electron chi connectivity index (χ3n) is 5.16. The van der Waals surface area contributed by atoms with Crippen molar-refractivity contribution in [3.05, 3.63) is 65.7 Å². The molecule has 2 heterocycles. The minimum Gasteiger partial charge on any atom is -0.497 e. The van der Waals surface area contributed by atoms with Crippen LogP contribution in [0.2, 0.25) is 0 Å². The van der Waals surface area contributed by atoms with Crippen molar-refractivity contribution in [1.29, 1.82) is 0 Å². The predicted molar refractivity (Wildman–Crippen MR) is 124 cm³/mol. The van der Waals surface area contributed by atoms with Gasteiger partial charge < -0.3 is 24.6 Å². The highest BCUT2D eigenvalue weighted by molar-refractivity contribution is 5.79. The molecule has 0 saturated carbocycles. The summed E-state index contributed by atoms with van der Waals surface area (Å²) in [5.74, 6) is 3.82. The molecular weight excluding hydrogens is 406 g/mol. The molecule has 0 amide bonds. The Kier molecular flexibility index (Phi) is 8.48. The van der Waals surface area contributed by atoms with E-state index in [1.54, 1.807) is 20.4 Å². The van der Waals surface area contributed by atoms with E-state index < -0.39 is 0 Å². The van der Waals surface area contributed by atoms with E-state index in [0.717, 1.165) is 35.6 Å². The van der Waals surface area contributed by atoms with Crippen molar-refractivity contribution in [3.8, 4) is 17.4 Å². The number of guanidine groups is 1. The zero-order valence-corrected chi connectivity index (χ0v) is 19.1. The SMILES string of the molecule is CCC(CC)c1cc(CNC(=NC)NCc2ccc(Oc3cccc(OC)c3)nc2)on1. The second-order valence-corrected chi connectivity index (χ2v) is 7.30. The molecule has 0 spiro atoms. The number of aliphatic imine (C=N–C) groups is 1. The van der Waals surface area contributed by atoms with E-state index in [1.807, 2.05) is 42.5 Å². The first-order valence-electron chi connectivity index (χ1n) is 10.8. The van der Waals surface area contributed by atoms with Crippen LogP contribution in [0.25, 0.3) is 0 Å². The van der Waals surface area contributed by atoms with Crippen molar-refractivity contribution < 1.29 is 14.0 Å². The summed E-state index contributed by atoms with van der Waals surface area (Å²) in [6, 6.07) is 13.2. The normalized spacial score (nSPS) is 11.5. The summed E-state index contributed by atoms with van der Waals surface area (Å²) in [6.45, 7) is 5.41. The Hall–Kier alpha value is -3.55. The molecule has 3 rings (SSSR count). The second-order valence-electron chi connectivity index (χ2n) is 7.30. The number of ether oxygens (including phenoxy) is 2. The minimum absolute atomic E-state index is 0.438. The van der Waals surface area contributed by atoms with Crippen LogP contribution in [0.5, 0.6) is 17.4 Å².